The number of hydrogen-bond acceptors (Lipinski definition) is 3. The molecule has 0 heterocycles. The van der Waals surface area contributed by atoms with Crippen LogP contribution in [0.4, 0.5) is 0 Å². The molecule has 1 rings (SSSR count). The van der Waals surface area contributed by atoms with Crippen LogP contribution in [0.1, 0.15) is 5.56 Å². The first kappa shape index (κ1) is 13.2. The molecular weight excluding hydrogens is 367 g/mol. The van der Waals surface area contributed by atoms with Crippen molar-refractivity contribution in [3.05, 3.63) is 29.8 Å². The van der Waals surface area contributed by atoms with Gasteiger partial charge in [-0.2, -0.15) is 0 Å². The average Bonchev–Trinajstić information content (AvgIpc) is 2.08. The number of phenolic OH excluding ortho intramolecular Hbond substituents is 1. The summed E-state index contributed by atoms with van der Waals surface area (Å²) >= 11 is 0. The molecule has 0 saturated heterocycles. The molecule has 1 radical (unpaired) electrons. The van der Waals surface area contributed by atoms with Crippen LogP contribution in [0.15, 0.2) is 24.3 Å². The third-order valence-corrected chi connectivity index (χ3v) is 1.71. The average molecular weight is 378 g/mol. The number of aliphatic carboxylic acids is 1. The first-order valence-corrected chi connectivity index (χ1v) is 3.86. The van der Waals surface area contributed by atoms with E-state index < -0.39 is 12.0 Å². The Balaban J connectivity index is 0.00000169. The molecule has 1 aromatic rings. The second kappa shape index (κ2) is 5.82. The number of rotatable bonds is 3. The number of carbonyl (C=O) groups is 1. The molecule has 4 nitrogen and oxygen atoms in total. The van der Waals surface area contributed by atoms with Crippen LogP contribution in [0.25, 0.3) is 0 Å². The fraction of sp³-hybridized carbons (Fsp3) is 0.222. The number of carboxylic acid groups (broad SMARTS) is 1. The Bertz CT molecular complexity index is 299. The largest absolute Gasteiger partial charge is 0.508 e. The van der Waals surface area contributed by atoms with Crippen molar-refractivity contribution in [2.45, 2.75) is 12.5 Å². The third-order valence-electron chi connectivity index (χ3n) is 1.71. The van der Waals surface area contributed by atoms with Crippen molar-refractivity contribution in [3.8, 4) is 5.75 Å². The van der Waals surface area contributed by atoms with E-state index in [4.69, 9.17) is 15.9 Å². The van der Waals surface area contributed by atoms with E-state index in [0.29, 0.717) is 0 Å². The summed E-state index contributed by atoms with van der Waals surface area (Å²) in [5.74, 6) is -0.860. The zero-order valence-electron chi connectivity index (χ0n) is 7.28. The maximum Gasteiger partial charge on any atom is 0.320 e. The summed E-state index contributed by atoms with van der Waals surface area (Å²) in [5.41, 5.74) is 6.12. The minimum absolute atomic E-state index is 0. The van der Waals surface area contributed by atoms with Crippen molar-refractivity contribution in [2.24, 2.45) is 5.73 Å². The minimum Gasteiger partial charge on any atom is -0.508 e. The first-order chi connectivity index (χ1) is 6.09. The van der Waals surface area contributed by atoms with Crippen LogP contribution in [0, 0.1) is 0 Å². The Hall–Kier alpha value is -0.810. The molecule has 81 valence electrons. The van der Waals surface area contributed by atoms with E-state index >= 15 is 0 Å². The molecular formula is C9H11AuNO3. The SMILES string of the molecule is NC(Cc1ccc(O)cc1)C(=O)O.[Au]. The van der Waals surface area contributed by atoms with Crippen LogP contribution in [0.5, 0.6) is 5.75 Å². The third kappa shape index (κ3) is 3.93. The van der Waals surface area contributed by atoms with Crippen molar-refractivity contribution in [3.63, 3.8) is 0 Å². The van der Waals surface area contributed by atoms with Crippen molar-refractivity contribution in [2.75, 3.05) is 0 Å². The fourth-order valence-electron chi connectivity index (χ4n) is 0.973. The minimum atomic E-state index is -1.02. The van der Waals surface area contributed by atoms with E-state index in [9.17, 15) is 4.79 Å². The molecule has 0 amide bonds. The molecule has 0 aromatic heterocycles. The molecule has 0 fully saturated rings. The molecule has 14 heavy (non-hydrogen) atoms. The van der Waals surface area contributed by atoms with Crippen LogP contribution in [-0.4, -0.2) is 22.2 Å². The smallest absolute Gasteiger partial charge is 0.320 e. The fourth-order valence-corrected chi connectivity index (χ4v) is 0.973. The summed E-state index contributed by atoms with van der Waals surface area (Å²) in [7, 11) is 0. The zero-order chi connectivity index (χ0) is 9.84. The van der Waals surface area contributed by atoms with Gasteiger partial charge in [-0.05, 0) is 24.1 Å². The van der Waals surface area contributed by atoms with Gasteiger partial charge in [0.2, 0.25) is 0 Å². The summed E-state index contributed by atoms with van der Waals surface area (Å²) in [6, 6.07) is 5.42. The molecule has 5 heteroatoms. The molecule has 1 unspecified atom stereocenters. The van der Waals surface area contributed by atoms with Gasteiger partial charge in [0.15, 0.2) is 0 Å². The van der Waals surface area contributed by atoms with Crippen molar-refractivity contribution in [1.82, 2.24) is 0 Å². The molecule has 0 saturated carbocycles. The van der Waals surface area contributed by atoms with Crippen molar-refractivity contribution >= 4 is 5.97 Å². The van der Waals surface area contributed by atoms with Gasteiger partial charge in [-0.15, -0.1) is 0 Å². The summed E-state index contributed by atoms with van der Waals surface area (Å²) < 4.78 is 0. The van der Waals surface area contributed by atoms with Crippen LogP contribution in [0.3, 0.4) is 0 Å². The number of hydrogen-bond donors (Lipinski definition) is 3. The topological polar surface area (TPSA) is 83.5 Å². The normalized spacial score (nSPS) is 11.5. The Labute approximate surface area is 97.2 Å². The van der Waals surface area contributed by atoms with Gasteiger partial charge in [0.05, 0.1) is 0 Å². The summed E-state index contributed by atoms with van der Waals surface area (Å²) in [6.45, 7) is 0. The van der Waals surface area contributed by atoms with Gasteiger partial charge in [0.1, 0.15) is 11.8 Å². The molecule has 1 atom stereocenters. The molecule has 0 aliphatic rings. The monoisotopic (exact) mass is 378 g/mol. The number of phenols is 1. The van der Waals surface area contributed by atoms with Gasteiger partial charge in [-0.1, -0.05) is 12.1 Å². The first-order valence-electron chi connectivity index (χ1n) is 3.86. The second-order valence-electron chi connectivity index (χ2n) is 2.82. The van der Waals surface area contributed by atoms with Gasteiger partial charge >= 0.3 is 5.97 Å². The zero-order valence-corrected chi connectivity index (χ0v) is 9.44. The van der Waals surface area contributed by atoms with Gasteiger partial charge < -0.3 is 15.9 Å². The van der Waals surface area contributed by atoms with Crippen LogP contribution in [0.2, 0.25) is 0 Å². The number of carboxylic acids is 1. The molecule has 0 aliphatic carbocycles. The molecule has 0 bridgehead atoms. The Morgan fingerprint density at radius 3 is 2.29 bits per heavy atom. The van der Waals surface area contributed by atoms with E-state index in [1.807, 2.05) is 0 Å². The Morgan fingerprint density at radius 1 is 1.36 bits per heavy atom. The second-order valence-corrected chi connectivity index (χ2v) is 2.82. The standard InChI is InChI=1S/C9H11NO3.Au/c10-8(9(12)13)5-6-1-3-7(11)4-2-6;/h1-4,8,11H,5,10H2,(H,12,13);. The number of aromatic hydroxyl groups is 1. The van der Waals surface area contributed by atoms with E-state index in [1.165, 1.54) is 12.1 Å². The van der Waals surface area contributed by atoms with Gasteiger partial charge in [0.25, 0.3) is 0 Å². The van der Waals surface area contributed by atoms with E-state index in [1.54, 1.807) is 12.1 Å². The maximum atomic E-state index is 10.4. The molecule has 4 N–H and O–H groups in total. The van der Waals surface area contributed by atoms with Gasteiger partial charge in [0, 0.05) is 22.4 Å². The Morgan fingerprint density at radius 2 is 1.86 bits per heavy atom. The van der Waals surface area contributed by atoms with E-state index in [2.05, 4.69) is 0 Å². The Kier molecular flexibility index (Phi) is 5.49. The van der Waals surface area contributed by atoms with Crippen LogP contribution in [-0.2, 0) is 33.6 Å². The van der Waals surface area contributed by atoms with E-state index in [0.717, 1.165) is 5.56 Å². The quantitative estimate of drug-likeness (QED) is 0.663. The summed E-state index contributed by atoms with van der Waals surface area (Å²) in [4.78, 5) is 10.4. The summed E-state index contributed by atoms with van der Waals surface area (Å²) in [5, 5.41) is 17.5. The van der Waals surface area contributed by atoms with E-state index in [-0.39, 0.29) is 34.6 Å². The van der Waals surface area contributed by atoms with Crippen LogP contribution >= 0.6 is 0 Å². The maximum absolute atomic E-state index is 10.4. The summed E-state index contributed by atoms with van der Waals surface area (Å²) in [6.07, 6.45) is 0.273. The van der Waals surface area contributed by atoms with Gasteiger partial charge in [-0.3, -0.25) is 4.79 Å². The number of nitrogens with two attached hydrogens (primary N) is 1. The van der Waals surface area contributed by atoms with Crippen LogP contribution < -0.4 is 5.73 Å². The van der Waals surface area contributed by atoms with Crippen molar-refractivity contribution in [1.29, 1.82) is 0 Å². The predicted molar refractivity (Wildman–Crippen MR) is 47.4 cm³/mol. The van der Waals surface area contributed by atoms with Crippen molar-refractivity contribution < 1.29 is 37.4 Å². The molecule has 0 spiro atoms. The predicted octanol–water partition coefficient (Wildman–Crippen LogP) is 0.344. The van der Waals surface area contributed by atoms with Gasteiger partial charge in [-0.25, -0.2) is 0 Å². The molecule has 1 aromatic carbocycles. The molecule has 0 aliphatic heterocycles. The number of benzene rings is 1.